The SMILES string of the molecule is COc1ccc(S(=O)(=O)NCC[NH+]2CCOCC2)cc1NC(C)=O. The molecular weight excluding hydrogens is 334 g/mol. The van der Waals surface area contributed by atoms with Crippen LogP contribution in [0.2, 0.25) is 0 Å². The maximum absolute atomic E-state index is 12.4. The van der Waals surface area contributed by atoms with E-state index in [1.54, 1.807) is 0 Å². The molecule has 2 rings (SSSR count). The zero-order valence-electron chi connectivity index (χ0n) is 13.9. The largest absolute Gasteiger partial charge is 0.495 e. The minimum absolute atomic E-state index is 0.0871. The van der Waals surface area contributed by atoms with Crippen molar-refractivity contribution in [1.82, 2.24) is 4.72 Å². The van der Waals surface area contributed by atoms with Gasteiger partial charge in [-0.1, -0.05) is 0 Å². The lowest BCUT2D eigenvalue weighted by molar-refractivity contribution is -0.906. The number of rotatable bonds is 7. The van der Waals surface area contributed by atoms with Crippen LogP contribution in [-0.2, 0) is 19.6 Å². The Morgan fingerprint density at radius 3 is 2.67 bits per heavy atom. The van der Waals surface area contributed by atoms with Crippen molar-refractivity contribution in [3.05, 3.63) is 18.2 Å². The lowest BCUT2D eigenvalue weighted by Gasteiger charge is -2.23. The summed E-state index contributed by atoms with van der Waals surface area (Å²) < 4.78 is 37.8. The third-order valence-corrected chi connectivity index (χ3v) is 5.22. The molecule has 9 heteroatoms. The number of nitrogens with one attached hydrogen (secondary N) is 3. The second-order valence-electron chi connectivity index (χ2n) is 5.55. The molecule has 1 fully saturated rings. The Bertz CT molecular complexity index is 672. The number of morpholine rings is 1. The molecule has 1 aliphatic rings. The summed E-state index contributed by atoms with van der Waals surface area (Å²) in [7, 11) is -2.19. The first-order valence-electron chi connectivity index (χ1n) is 7.79. The molecule has 1 aromatic rings. The lowest BCUT2D eigenvalue weighted by Crippen LogP contribution is -3.14. The molecule has 1 aromatic carbocycles. The molecular formula is C15H24N3O5S+. The number of hydrogen-bond donors (Lipinski definition) is 3. The van der Waals surface area contributed by atoms with Crippen LogP contribution in [0.1, 0.15) is 6.92 Å². The first kappa shape index (κ1) is 18.7. The van der Waals surface area contributed by atoms with Gasteiger partial charge in [0.2, 0.25) is 15.9 Å². The quantitative estimate of drug-likeness (QED) is 0.572. The fourth-order valence-corrected chi connectivity index (χ4v) is 3.55. The van der Waals surface area contributed by atoms with E-state index in [0.29, 0.717) is 37.7 Å². The molecule has 0 saturated carbocycles. The summed E-state index contributed by atoms with van der Waals surface area (Å²) in [5.41, 5.74) is 0.326. The number of carbonyl (C=O) groups excluding carboxylic acids is 1. The number of anilines is 1. The van der Waals surface area contributed by atoms with Crippen molar-refractivity contribution in [2.24, 2.45) is 0 Å². The Balaban J connectivity index is 2.03. The van der Waals surface area contributed by atoms with Gasteiger partial charge in [0, 0.05) is 6.92 Å². The van der Waals surface area contributed by atoms with Crippen LogP contribution in [0.15, 0.2) is 23.1 Å². The summed E-state index contributed by atoms with van der Waals surface area (Å²) in [5.74, 6) is 0.105. The molecule has 1 amide bonds. The van der Waals surface area contributed by atoms with E-state index in [0.717, 1.165) is 13.1 Å². The minimum atomic E-state index is -3.65. The summed E-state index contributed by atoms with van der Waals surface area (Å²) in [6.45, 7) is 5.59. The first-order chi connectivity index (χ1) is 11.4. The highest BCUT2D eigenvalue weighted by atomic mass is 32.2. The highest BCUT2D eigenvalue weighted by Gasteiger charge is 2.19. The van der Waals surface area contributed by atoms with Gasteiger partial charge in [0.05, 0.1) is 44.0 Å². The Hall–Kier alpha value is -1.68. The predicted molar refractivity (Wildman–Crippen MR) is 88.9 cm³/mol. The maximum Gasteiger partial charge on any atom is 0.240 e. The molecule has 0 atom stereocenters. The van der Waals surface area contributed by atoms with Gasteiger partial charge in [-0.3, -0.25) is 4.79 Å². The fourth-order valence-electron chi connectivity index (χ4n) is 2.50. The van der Waals surface area contributed by atoms with Crippen molar-refractivity contribution in [1.29, 1.82) is 0 Å². The number of ether oxygens (including phenoxy) is 2. The third kappa shape index (κ3) is 5.17. The van der Waals surface area contributed by atoms with Crippen LogP contribution in [0.3, 0.4) is 0 Å². The van der Waals surface area contributed by atoms with Crippen molar-refractivity contribution in [3.8, 4) is 5.75 Å². The molecule has 3 N–H and O–H groups in total. The standard InChI is InChI=1S/C15H23N3O5S/c1-12(19)17-14-11-13(3-4-15(14)22-2)24(20,21)16-5-6-18-7-9-23-10-8-18/h3-4,11,16H,5-10H2,1-2H3,(H,17,19)/p+1. The van der Waals surface area contributed by atoms with E-state index in [1.807, 2.05) is 0 Å². The zero-order chi connectivity index (χ0) is 17.6. The molecule has 0 bridgehead atoms. The van der Waals surface area contributed by atoms with Gasteiger partial charge in [0.1, 0.15) is 18.8 Å². The van der Waals surface area contributed by atoms with Crippen LogP contribution in [0.5, 0.6) is 5.75 Å². The van der Waals surface area contributed by atoms with Crippen molar-refractivity contribution in [2.75, 3.05) is 51.8 Å². The Kier molecular flexibility index (Phi) is 6.55. The number of methoxy groups -OCH3 is 1. The van der Waals surface area contributed by atoms with Gasteiger partial charge in [-0.05, 0) is 18.2 Å². The Labute approximate surface area is 142 Å². The average molecular weight is 358 g/mol. The summed E-state index contributed by atoms with van der Waals surface area (Å²) in [6, 6.07) is 4.37. The molecule has 8 nitrogen and oxygen atoms in total. The van der Waals surface area contributed by atoms with Gasteiger partial charge in [-0.25, -0.2) is 13.1 Å². The molecule has 0 aliphatic carbocycles. The predicted octanol–water partition coefficient (Wildman–Crippen LogP) is -1.15. The fraction of sp³-hybridized carbons (Fsp3) is 0.533. The van der Waals surface area contributed by atoms with Crippen LogP contribution in [-0.4, -0.2) is 60.8 Å². The number of carbonyl (C=O) groups is 1. The number of benzene rings is 1. The average Bonchev–Trinajstić information content (AvgIpc) is 2.55. The highest BCUT2D eigenvalue weighted by Crippen LogP contribution is 2.27. The number of amides is 1. The van der Waals surface area contributed by atoms with Crippen LogP contribution in [0, 0.1) is 0 Å². The lowest BCUT2D eigenvalue weighted by atomic mass is 10.3. The van der Waals surface area contributed by atoms with E-state index in [4.69, 9.17) is 9.47 Å². The topological polar surface area (TPSA) is 98.2 Å². The first-order valence-corrected chi connectivity index (χ1v) is 9.27. The van der Waals surface area contributed by atoms with Crippen molar-refractivity contribution < 1.29 is 27.6 Å². The van der Waals surface area contributed by atoms with Gasteiger partial charge in [0.15, 0.2) is 0 Å². The molecule has 0 spiro atoms. The monoisotopic (exact) mass is 358 g/mol. The summed E-state index contributed by atoms with van der Waals surface area (Å²) in [6.07, 6.45) is 0. The van der Waals surface area contributed by atoms with Crippen molar-refractivity contribution in [2.45, 2.75) is 11.8 Å². The van der Waals surface area contributed by atoms with E-state index in [2.05, 4.69) is 10.0 Å². The Morgan fingerprint density at radius 1 is 1.33 bits per heavy atom. The van der Waals surface area contributed by atoms with Crippen molar-refractivity contribution >= 4 is 21.6 Å². The zero-order valence-corrected chi connectivity index (χ0v) is 14.7. The second-order valence-corrected chi connectivity index (χ2v) is 7.32. The Morgan fingerprint density at radius 2 is 2.04 bits per heavy atom. The molecule has 24 heavy (non-hydrogen) atoms. The van der Waals surface area contributed by atoms with E-state index in [-0.39, 0.29) is 10.8 Å². The third-order valence-electron chi connectivity index (χ3n) is 3.76. The van der Waals surface area contributed by atoms with Crippen LogP contribution >= 0.6 is 0 Å². The van der Waals surface area contributed by atoms with Crippen molar-refractivity contribution in [3.63, 3.8) is 0 Å². The number of quaternary nitrogens is 1. The van der Waals surface area contributed by atoms with E-state index < -0.39 is 10.0 Å². The van der Waals surface area contributed by atoms with Crippen LogP contribution < -0.4 is 19.7 Å². The van der Waals surface area contributed by atoms with Gasteiger partial charge in [0.25, 0.3) is 0 Å². The molecule has 0 aromatic heterocycles. The van der Waals surface area contributed by atoms with E-state index in [1.165, 1.54) is 37.1 Å². The highest BCUT2D eigenvalue weighted by molar-refractivity contribution is 7.89. The number of hydrogen-bond acceptors (Lipinski definition) is 5. The number of sulfonamides is 1. The smallest absolute Gasteiger partial charge is 0.240 e. The molecule has 0 radical (unpaired) electrons. The van der Waals surface area contributed by atoms with E-state index in [9.17, 15) is 13.2 Å². The summed E-state index contributed by atoms with van der Waals surface area (Å²) in [5, 5.41) is 2.57. The van der Waals surface area contributed by atoms with Crippen LogP contribution in [0.4, 0.5) is 5.69 Å². The molecule has 134 valence electrons. The van der Waals surface area contributed by atoms with Crippen LogP contribution in [0.25, 0.3) is 0 Å². The maximum atomic E-state index is 12.4. The normalized spacial score (nSPS) is 15.9. The van der Waals surface area contributed by atoms with E-state index >= 15 is 0 Å². The van der Waals surface area contributed by atoms with Gasteiger partial charge >= 0.3 is 0 Å². The summed E-state index contributed by atoms with van der Waals surface area (Å²) in [4.78, 5) is 12.6. The molecule has 1 saturated heterocycles. The van der Waals surface area contributed by atoms with Gasteiger partial charge in [-0.2, -0.15) is 0 Å². The van der Waals surface area contributed by atoms with Gasteiger partial charge < -0.3 is 19.7 Å². The molecule has 1 aliphatic heterocycles. The molecule has 0 unspecified atom stereocenters. The summed E-state index contributed by atoms with van der Waals surface area (Å²) >= 11 is 0. The van der Waals surface area contributed by atoms with Gasteiger partial charge in [-0.15, -0.1) is 0 Å². The minimum Gasteiger partial charge on any atom is -0.495 e. The second kappa shape index (κ2) is 8.43. The molecule has 1 heterocycles.